The summed E-state index contributed by atoms with van der Waals surface area (Å²) in [6.07, 6.45) is 0. The molecule has 0 aromatic heterocycles. The number of hydrogen-bond acceptors (Lipinski definition) is 4. The molecule has 0 aliphatic heterocycles. The first kappa shape index (κ1) is 9.97. The van der Waals surface area contributed by atoms with Crippen molar-refractivity contribution in [2.24, 2.45) is 10.9 Å². The lowest BCUT2D eigenvalue weighted by Gasteiger charge is -2.03. The molecular weight excluding hydrogens is 186 g/mol. The van der Waals surface area contributed by atoms with Crippen molar-refractivity contribution >= 4 is 11.7 Å². The molecule has 0 spiro atoms. The standard InChI is InChI=1S/C8H9N3O3/c9-8(13)10-4-5-1-2-6(11-14)7(12)3-5/h1-3,12H,4H2,(H3,9,10,13). The monoisotopic (exact) mass is 195 g/mol. The number of nitrogens with one attached hydrogen (secondary N) is 1. The lowest BCUT2D eigenvalue weighted by Crippen LogP contribution is -2.28. The van der Waals surface area contributed by atoms with E-state index >= 15 is 0 Å². The summed E-state index contributed by atoms with van der Waals surface area (Å²) < 4.78 is 0. The van der Waals surface area contributed by atoms with Crippen molar-refractivity contribution in [2.75, 3.05) is 0 Å². The number of nitroso groups, excluding NO2 is 1. The minimum absolute atomic E-state index is 0.0344. The van der Waals surface area contributed by atoms with Crippen molar-refractivity contribution in [3.63, 3.8) is 0 Å². The molecule has 0 bridgehead atoms. The second kappa shape index (κ2) is 4.22. The molecule has 0 aliphatic carbocycles. The molecule has 1 rings (SSSR count). The predicted octanol–water partition coefficient (Wildman–Crippen LogP) is 0.958. The number of carbonyl (C=O) groups is 1. The SMILES string of the molecule is NC(=O)NCc1ccc(N=O)c(O)c1. The van der Waals surface area contributed by atoms with Gasteiger partial charge in [-0.15, -0.1) is 4.91 Å². The van der Waals surface area contributed by atoms with Gasteiger partial charge in [0.15, 0.2) is 0 Å². The molecule has 0 heterocycles. The Kier molecular flexibility index (Phi) is 3.01. The molecule has 6 heteroatoms. The van der Waals surface area contributed by atoms with Gasteiger partial charge in [0, 0.05) is 6.54 Å². The van der Waals surface area contributed by atoms with Gasteiger partial charge >= 0.3 is 6.03 Å². The third-order valence-corrected chi connectivity index (χ3v) is 1.60. The van der Waals surface area contributed by atoms with Crippen LogP contribution in [-0.4, -0.2) is 11.1 Å². The van der Waals surface area contributed by atoms with E-state index in [-0.39, 0.29) is 18.0 Å². The van der Waals surface area contributed by atoms with Gasteiger partial charge in [-0.25, -0.2) is 4.79 Å². The summed E-state index contributed by atoms with van der Waals surface area (Å²) in [7, 11) is 0. The Balaban J connectivity index is 2.76. The number of rotatable bonds is 3. The quantitative estimate of drug-likeness (QED) is 0.625. The predicted molar refractivity (Wildman–Crippen MR) is 50.0 cm³/mol. The second-order valence-electron chi connectivity index (χ2n) is 2.63. The van der Waals surface area contributed by atoms with Crippen LogP contribution in [0.4, 0.5) is 10.5 Å². The zero-order chi connectivity index (χ0) is 10.6. The first-order valence-corrected chi connectivity index (χ1v) is 3.82. The highest BCUT2D eigenvalue weighted by atomic mass is 16.3. The lowest BCUT2D eigenvalue weighted by atomic mass is 10.2. The zero-order valence-corrected chi connectivity index (χ0v) is 7.23. The number of benzene rings is 1. The number of nitrogens with zero attached hydrogens (tertiary/aromatic N) is 1. The molecule has 1 aromatic carbocycles. The molecule has 74 valence electrons. The van der Waals surface area contributed by atoms with Gasteiger partial charge in [0.2, 0.25) is 0 Å². The van der Waals surface area contributed by atoms with E-state index in [1.165, 1.54) is 12.1 Å². The van der Waals surface area contributed by atoms with Gasteiger partial charge in [-0.2, -0.15) is 0 Å². The van der Waals surface area contributed by atoms with Crippen LogP contribution in [0.15, 0.2) is 23.4 Å². The van der Waals surface area contributed by atoms with Crippen LogP contribution in [0.2, 0.25) is 0 Å². The van der Waals surface area contributed by atoms with Crippen molar-refractivity contribution in [1.82, 2.24) is 5.32 Å². The topological polar surface area (TPSA) is 105 Å². The molecule has 2 amide bonds. The first-order chi connectivity index (χ1) is 6.63. The maximum Gasteiger partial charge on any atom is 0.312 e. The highest BCUT2D eigenvalue weighted by Crippen LogP contribution is 2.26. The lowest BCUT2D eigenvalue weighted by molar-refractivity contribution is 0.248. The van der Waals surface area contributed by atoms with E-state index in [1.807, 2.05) is 0 Å². The van der Waals surface area contributed by atoms with Gasteiger partial charge in [0.05, 0.1) is 0 Å². The highest BCUT2D eigenvalue weighted by molar-refractivity contribution is 5.71. The fraction of sp³-hybridized carbons (Fsp3) is 0.125. The van der Waals surface area contributed by atoms with Gasteiger partial charge in [-0.1, -0.05) is 6.07 Å². The number of phenolic OH excluding ortho intramolecular Hbond substituents is 1. The number of aromatic hydroxyl groups is 1. The maximum absolute atomic E-state index is 10.4. The number of nitrogens with two attached hydrogens (primary N) is 1. The third-order valence-electron chi connectivity index (χ3n) is 1.60. The maximum atomic E-state index is 10.4. The van der Waals surface area contributed by atoms with E-state index in [1.54, 1.807) is 6.07 Å². The minimum Gasteiger partial charge on any atom is -0.506 e. The minimum atomic E-state index is -0.651. The number of primary amides is 1. The molecule has 1 aromatic rings. The van der Waals surface area contributed by atoms with E-state index in [2.05, 4.69) is 10.5 Å². The molecule has 0 fully saturated rings. The van der Waals surface area contributed by atoms with Crippen LogP contribution >= 0.6 is 0 Å². The Morgan fingerprint density at radius 3 is 2.79 bits per heavy atom. The van der Waals surface area contributed by atoms with Crippen molar-refractivity contribution in [3.8, 4) is 5.75 Å². The number of hydrogen-bond donors (Lipinski definition) is 3. The van der Waals surface area contributed by atoms with Crippen molar-refractivity contribution in [2.45, 2.75) is 6.54 Å². The molecule has 0 aliphatic rings. The highest BCUT2D eigenvalue weighted by Gasteiger charge is 2.02. The van der Waals surface area contributed by atoms with Gasteiger partial charge in [0.25, 0.3) is 0 Å². The molecule has 0 saturated heterocycles. The molecule has 14 heavy (non-hydrogen) atoms. The molecule has 0 unspecified atom stereocenters. The fourth-order valence-electron chi connectivity index (χ4n) is 0.945. The largest absolute Gasteiger partial charge is 0.506 e. The van der Waals surface area contributed by atoms with E-state index < -0.39 is 6.03 Å². The number of amides is 2. The molecule has 6 nitrogen and oxygen atoms in total. The normalized spacial score (nSPS) is 9.43. The van der Waals surface area contributed by atoms with Crippen LogP contribution < -0.4 is 11.1 Å². The number of urea groups is 1. The van der Waals surface area contributed by atoms with Crippen LogP contribution in [0.5, 0.6) is 5.75 Å². The van der Waals surface area contributed by atoms with Crippen LogP contribution in [0, 0.1) is 4.91 Å². The van der Waals surface area contributed by atoms with Crippen LogP contribution in [0.25, 0.3) is 0 Å². The average Bonchev–Trinajstić information content (AvgIpc) is 2.15. The van der Waals surface area contributed by atoms with Gasteiger partial charge < -0.3 is 16.2 Å². The van der Waals surface area contributed by atoms with Crippen molar-refractivity contribution in [3.05, 3.63) is 28.7 Å². The third kappa shape index (κ3) is 2.44. The number of carbonyl (C=O) groups excluding carboxylic acids is 1. The van der Waals surface area contributed by atoms with E-state index in [0.717, 1.165) is 0 Å². The Bertz CT molecular complexity index is 365. The first-order valence-electron chi connectivity index (χ1n) is 3.82. The molecular formula is C8H9N3O3. The molecule has 0 radical (unpaired) electrons. The van der Waals surface area contributed by atoms with Crippen LogP contribution in [0.3, 0.4) is 0 Å². The summed E-state index contributed by atoms with van der Waals surface area (Å²) in [6, 6.07) is 3.61. The van der Waals surface area contributed by atoms with Gasteiger partial charge in [0.1, 0.15) is 11.4 Å². The zero-order valence-electron chi connectivity index (χ0n) is 7.23. The van der Waals surface area contributed by atoms with E-state index in [4.69, 9.17) is 5.73 Å². The Labute approximate surface area is 79.7 Å². The van der Waals surface area contributed by atoms with Crippen LogP contribution in [0.1, 0.15) is 5.56 Å². The summed E-state index contributed by atoms with van der Waals surface area (Å²) in [4.78, 5) is 20.5. The van der Waals surface area contributed by atoms with Crippen molar-refractivity contribution < 1.29 is 9.90 Å². The second-order valence-corrected chi connectivity index (χ2v) is 2.63. The summed E-state index contributed by atoms with van der Waals surface area (Å²) in [5, 5.41) is 14.2. The summed E-state index contributed by atoms with van der Waals surface area (Å²) in [5.41, 5.74) is 5.45. The summed E-state index contributed by atoms with van der Waals surface area (Å²) in [5.74, 6) is -0.219. The average molecular weight is 195 g/mol. The Hall–Kier alpha value is -2.11. The molecule has 0 atom stereocenters. The Morgan fingerprint density at radius 1 is 1.57 bits per heavy atom. The summed E-state index contributed by atoms with van der Waals surface area (Å²) in [6.45, 7) is 0.196. The van der Waals surface area contributed by atoms with Crippen molar-refractivity contribution in [1.29, 1.82) is 0 Å². The van der Waals surface area contributed by atoms with E-state index in [0.29, 0.717) is 5.56 Å². The molecule has 0 saturated carbocycles. The number of phenols is 1. The molecule has 4 N–H and O–H groups in total. The van der Waals surface area contributed by atoms with E-state index in [9.17, 15) is 14.8 Å². The van der Waals surface area contributed by atoms with Gasteiger partial charge in [-0.3, -0.25) is 0 Å². The van der Waals surface area contributed by atoms with Gasteiger partial charge in [-0.05, 0) is 22.9 Å². The summed E-state index contributed by atoms with van der Waals surface area (Å²) >= 11 is 0. The fourth-order valence-corrected chi connectivity index (χ4v) is 0.945. The smallest absolute Gasteiger partial charge is 0.312 e. The Morgan fingerprint density at radius 2 is 2.29 bits per heavy atom. The van der Waals surface area contributed by atoms with Crippen LogP contribution in [-0.2, 0) is 6.54 Å².